The number of nitrogens with zero attached hydrogens (tertiary/aromatic N) is 3. The van der Waals surface area contributed by atoms with Gasteiger partial charge in [-0.25, -0.2) is 4.98 Å². The van der Waals surface area contributed by atoms with Crippen LogP contribution in [0, 0.1) is 5.92 Å². The molecule has 2 heterocycles. The van der Waals surface area contributed by atoms with Gasteiger partial charge in [-0.05, 0) is 43.2 Å². The Bertz CT molecular complexity index is 1110. The van der Waals surface area contributed by atoms with Crippen LogP contribution in [-0.4, -0.2) is 48.3 Å². The number of anilines is 1. The quantitative estimate of drug-likeness (QED) is 0.316. The molecular weight excluding hydrogens is 418 g/mol. The van der Waals surface area contributed by atoms with Crippen LogP contribution in [0.5, 0.6) is 0 Å². The van der Waals surface area contributed by atoms with Crippen molar-refractivity contribution in [3.63, 3.8) is 0 Å². The lowest BCUT2D eigenvalue weighted by molar-refractivity contribution is -0.153. The van der Waals surface area contributed by atoms with Crippen LogP contribution in [0.25, 0.3) is 11.0 Å². The van der Waals surface area contributed by atoms with Crippen molar-refractivity contribution >= 4 is 40.5 Å². The van der Waals surface area contributed by atoms with E-state index in [2.05, 4.69) is 0 Å². The van der Waals surface area contributed by atoms with Crippen LogP contribution in [0.2, 0.25) is 5.02 Å². The number of hydrogen-bond donors (Lipinski definition) is 0. The van der Waals surface area contributed by atoms with Crippen LogP contribution in [0.3, 0.4) is 0 Å². The molecule has 8 heteroatoms. The van der Waals surface area contributed by atoms with Crippen molar-refractivity contribution in [2.24, 2.45) is 5.92 Å². The summed E-state index contributed by atoms with van der Waals surface area (Å²) in [6, 6.07) is 14.3. The van der Waals surface area contributed by atoms with E-state index in [0.717, 1.165) is 16.6 Å². The first-order valence-electron chi connectivity index (χ1n) is 10.3. The second-order valence-electron chi connectivity index (χ2n) is 7.34. The normalized spacial score (nSPS) is 18.3. The third-order valence-corrected chi connectivity index (χ3v) is 5.64. The number of amides is 1. The van der Waals surface area contributed by atoms with Crippen molar-refractivity contribution in [3.8, 4) is 0 Å². The van der Waals surface area contributed by atoms with E-state index in [1.165, 1.54) is 0 Å². The SMILES string of the molecule is CCOC(=O)[C@H]1C(=O)N(CCCOC)c2nc3ccccc3n2[C@@H]1c1cccc(Cl)c1. The van der Waals surface area contributed by atoms with Crippen LogP contribution in [0.1, 0.15) is 24.9 Å². The smallest absolute Gasteiger partial charge is 0.321 e. The molecule has 0 saturated heterocycles. The lowest BCUT2D eigenvalue weighted by Gasteiger charge is -2.38. The minimum Gasteiger partial charge on any atom is -0.465 e. The van der Waals surface area contributed by atoms with Crippen LogP contribution in [0.15, 0.2) is 48.5 Å². The summed E-state index contributed by atoms with van der Waals surface area (Å²) in [5, 5.41) is 0.529. The summed E-state index contributed by atoms with van der Waals surface area (Å²) in [4.78, 5) is 33.0. The zero-order valence-electron chi connectivity index (χ0n) is 17.5. The fourth-order valence-electron chi connectivity index (χ4n) is 4.12. The molecule has 1 amide bonds. The molecule has 0 fully saturated rings. The van der Waals surface area contributed by atoms with Crippen molar-refractivity contribution < 1.29 is 19.1 Å². The summed E-state index contributed by atoms with van der Waals surface area (Å²) in [5.41, 5.74) is 2.33. The Hall–Kier alpha value is -2.90. The molecule has 1 aromatic heterocycles. The Morgan fingerprint density at radius 1 is 1.19 bits per heavy atom. The predicted octanol–water partition coefficient (Wildman–Crippen LogP) is 3.84. The number of esters is 1. The van der Waals surface area contributed by atoms with Gasteiger partial charge in [0.25, 0.3) is 0 Å². The van der Waals surface area contributed by atoms with E-state index in [1.54, 1.807) is 31.1 Å². The predicted molar refractivity (Wildman–Crippen MR) is 118 cm³/mol. The topological polar surface area (TPSA) is 73.7 Å². The number of carbonyl (C=O) groups excluding carboxylic acids is 2. The molecule has 0 aliphatic carbocycles. The van der Waals surface area contributed by atoms with Crippen molar-refractivity contribution in [2.45, 2.75) is 19.4 Å². The lowest BCUT2D eigenvalue weighted by Crippen LogP contribution is -2.50. The monoisotopic (exact) mass is 441 g/mol. The van der Waals surface area contributed by atoms with Crippen LogP contribution in [0.4, 0.5) is 5.95 Å². The first kappa shape index (κ1) is 21.3. The van der Waals surface area contributed by atoms with Crippen molar-refractivity contribution in [2.75, 3.05) is 31.8 Å². The highest BCUT2D eigenvalue weighted by Crippen LogP contribution is 2.41. The Labute approximate surface area is 185 Å². The number of imidazole rings is 1. The summed E-state index contributed by atoms with van der Waals surface area (Å²) in [5.74, 6) is -1.43. The molecule has 162 valence electrons. The van der Waals surface area contributed by atoms with Gasteiger partial charge in [-0.1, -0.05) is 35.9 Å². The molecule has 2 aromatic carbocycles. The van der Waals surface area contributed by atoms with Gasteiger partial charge in [0.2, 0.25) is 11.9 Å². The fraction of sp³-hybridized carbons (Fsp3) is 0.348. The molecule has 7 nitrogen and oxygen atoms in total. The number of methoxy groups -OCH3 is 1. The minimum atomic E-state index is -1.05. The largest absolute Gasteiger partial charge is 0.465 e. The molecule has 0 N–H and O–H groups in total. The molecule has 0 radical (unpaired) electrons. The number of halogens is 1. The van der Waals surface area contributed by atoms with Crippen LogP contribution < -0.4 is 4.90 Å². The zero-order chi connectivity index (χ0) is 22.0. The van der Waals surface area contributed by atoms with Gasteiger partial charge in [0.1, 0.15) is 0 Å². The van der Waals surface area contributed by atoms with E-state index >= 15 is 0 Å². The Balaban J connectivity index is 1.94. The molecule has 1 aliphatic heterocycles. The van der Waals surface area contributed by atoms with Gasteiger partial charge in [-0.2, -0.15) is 0 Å². The second-order valence-corrected chi connectivity index (χ2v) is 7.77. The van der Waals surface area contributed by atoms with Gasteiger partial charge in [0.15, 0.2) is 5.92 Å². The standard InChI is InChI=1S/C23H24ClN3O4/c1-3-31-22(29)19-20(15-8-6-9-16(24)14-15)27-18-11-5-4-10-17(18)25-23(27)26(21(19)28)12-7-13-30-2/h4-6,8-11,14,19-20H,3,7,12-13H2,1-2H3/t19-,20-/m1/s1. The summed E-state index contributed by atoms with van der Waals surface area (Å²) < 4.78 is 12.4. The van der Waals surface area contributed by atoms with E-state index in [0.29, 0.717) is 30.5 Å². The number of rotatable bonds is 7. The molecule has 0 saturated carbocycles. The number of hydrogen-bond acceptors (Lipinski definition) is 5. The number of carbonyl (C=O) groups is 2. The van der Waals surface area contributed by atoms with E-state index in [1.807, 2.05) is 41.0 Å². The molecule has 3 aromatic rings. The van der Waals surface area contributed by atoms with E-state index < -0.39 is 17.9 Å². The maximum atomic E-state index is 13.6. The van der Waals surface area contributed by atoms with E-state index in [-0.39, 0.29) is 12.5 Å². The summed E-state index contributed by atoms with van der Waals surface area (Å²) >= 11 is 6.27. The molecular formula is C23H24ClN3O4. The average molecular weight is 442 g/mol. The number of ether oxygens (including phenoxy) is 2. The molecule has 0 spiro atoms. The van der Waals surface area contributed by atoms with Gasteiger partial charge in [-0.15, -0.1) is 0 Å². The summed E-state index contributed by atoms with van der Waals surface area (Å²) in [6.07, 6.45) is 0.614. The highest BCUT2D eigenvalue weighted by molar-refractivity contribution is 6.30. The molecule has 31 heavy (non-hydrogen) atoms. The Kier molecular flexibility index (Phi) is 6.25. The Morgan fingerprint density at radius 3 is 2.74 bits per heavy atom. The molecule has 0 bridgehead atoms. The minimum absolute atomic E-state index is 0.187. The van der Waals surface area contributed by atoms with E-state index in [9.17, 15) is 9.59 Å². The van der Waals surface area contributed by atoms with Gasteiger partial charge in [-0.3, -0.25) is 14.5 Å². The first-order valence-corrected chi connectivity index (χ1v) is 10.6. The maximum absolute atomic E-state index is 13.6. The maximum Gasteiger partial charge on any atom is 0.321 e. The fourth-order valence-corrected chi connectivity index (χ4v) is 4.32. The number of benzene rings is 2. The average Bonchev–Trinajstić information content (AvgIpc) is 3.14. The van der Waals surface area contributed by atoms with Gasteiger partial charge in [0.05, 0.1) is 23.7 Å². The Morgan fingerprint density at radius 2 is 2.00 bits per heavy atom. The molecule has 4 rings (SSSR count). The van der Waals surface area contributed by atoms with Crippen molar-refractivity contribution in [3.05, 3.63) is 59.1 Å². The third-order valence-electron chi connectivity index (χ3n) is 5.41. The van der Waals surface area contributed by atoms with Crippen LogP contribution >= 0.6 is 11.6 Å². The molecule has 2 atom stereocenters. The van der Waals surface area contributed by atoms with E-state index in [4.69, 9.17) is 26.1 Å². The van der Waals surface area contributed by atoms with Gasteiger partial charge < -0.3 is 14.0 Å². The third kappa shape index (κ3) is 3.91. The van der Waals surface area contributed by atoms with Gasteiger partial charge >= 0.3 is 5.97 Å². The first-order chi connectivity index (χ1) is 15.1. The summed E-state index contributed by atoms with van der Waals surface area (Å²) in [6.45, 7) is 2.79. The second kappa shape index (κ2) is 9.08. The highest BCUT2D eigenvalue weighted by atomic mass is 35.5. The number of aromatic nitrogens is 2. The van der Waals surface area contributed by atoms with Gasteiger partial charge in [0, 0.05) is 25.3 Å². The number of para-hydroxylation sites is 2. The lowest BCUT2D eigenvalue weighted by atomic mass is 9.89. The highest BCUT2D eigenvalue weighted by Gasteiger charge is 2.47. The van der Waals surface area contributed by atoms with Crippen LogP contribution in [-0.2, 0) is 19.1 Å². The molecule has 0 unspecified atom stereocenters. The number of fused-ring (bicyclic) bond motifs is 3. The molecule has 1 aliphatic rings. The van der Waals surface area contributed by atoms with Crippen molar-refractivity contribution in [1.29, 1.82) is 0 Å². The zero-order valence-corrected chi connectivity index (χ0v) is 18.2. The summed E-state index contributed by atoms with van der Waals surface area (Å²) in [7, 11) is 1.61. The van der Waals surface area contributed by atoms with Crippen molar-refractivity contribution in [1.82, 2.24) is 9.55 Å².